The van der Waals surface area contributed by atoms with Gasteiger partial charge >= 0.3 is 0 Å². The van der Waals surface area contributed by atoms with Gasteiger partial charge in [0, 0.05) is 53.1 Å². The van der Waals surface area contributed by atoms with Crippen LogP contribution >= 0.6 is 0 Å². The molecule has 0 N–H and O–H groups in total. The van der Waals surface area contributed by atoms with E-state index in [1.807, 2.05) is 66.7 Å². The van der Waals surface area contributed by atoms with E-state index in [4.69, 9.17) is 13.5 Å². The van der Waals surface area contributed by atoms with E-state index in [2.05, 4.69) is 69.1 Å². The van der Waals surface area contributed by atoms with E-state index < -0.39 is 6.85 Å². The molecule has 4 heterocycles. The van der Waals surface area contributed by atoms with Gasteiger partial charge in [0.2, 0.25) is 0 Å². The van der Waals surface area contributed by atoms with Gasteiger partial charge < -0.3 is 14.0 Å². The van der Waals surface area contributed by atoms with E-state index in [1.165, 1.54) is 6.20 Å². The van der Waals surface area contributed by atoms with Gasteiger partial charge in [-0.3, -0.25) is 4.98 Å². The summed E-state index contributed by atoms with van der Waals surface area (Å²) in [5.74, 6) is 0.763. The Labute approximate surface area is 283 Å². The van der Waals surface area contributed by atoms with E-state index in [1.54, 1.807) is 24.4 Å². The number of nitrogens with zero attached hydrogens (tertiary/aromatic N) is 4. The zero-order valence-electron chi connectivity index (χ0n) is 27.3. The molecule has 0 unspecified atom stereocenters. The number of aryl methyl sites for hydroxylation is 1. The summed E-state index contributed by atoms with van der Waals surface area (Å²) in [5, 5.41) is 4.41. The van der Waals surface area contributed by atoms with Crippen LogP contribution < -0.4 is 0 Å². The Morgan fingerprint density at radius 3 is 2.37 bits per heavy atom. The zero-order chi connectivity index (χ0) is 32.7. The first-order valence-corrected chi connectivity index (χ1v) is 14.5. The molecule has 1 radical (unpaired) electrons. The summed E-state index contributed by atoms with van der Waals surface area (Å²) in [6.07, 6.45) is 3.19. The first-order valence-electron chi connectivity index (χ1n) is 16.0. The van der Waals surface area contributed by atoms with Crippen molar-refractivity contribution in [3.63, 3.8) is 0 Å². The minimum Gasteiger partial charge on any atom is -0.500 e. The van der Waals surface area contributed by atoms with Crippen molar-refractivity contribution in [2.24, 2.45) is 0 Å². The standard InChI is InChI=1S/C28H16N3O.C12H10N.Ir/c1-2-9-19(10-3-1)31-27(30-24-14-7-17-29-28(24)31)23-13-6-12-21-22-16-15-18-8-4-5-11-20(18)25(22)32-26(21)23;1-10-7-8-12(13-9-10)11-5-3-2-4-6-11;/h1-12,14-17H;2-5,7-9H,1H3;/q2*-1;/i;1D3;. The number of rotatable bonds is 3. The molecule has 0 aliphatic heterocycles. The normalized spacial score (nSPS) is 12.2. The molecule has 0 amide bonds. The van der Waals surface area contributed by atoms with Gasteiger partial charge in [-0.1, -0.05) is 77.7 Å². The van der Waals surface area contributed by atoms with Gasteiger partial charge in [0.25, 0.3) is 0 Å². The molecule has 6 heteroatoms. The van der Waals surface area contributed by atoms with Crippen LogP contribution in [0.15, 0.2) is 144 Å². The molecular weight excluding hydrogens is 745 g/mol. The molecule has 0 bridgehead atoms. The molecule has 223 valence electrons. The number of furan rings is 1. The van der Waals surface area contributed by atoms with Crippen molar-refractivity contribution in [3.8, 4) is 28.3 Å². The van der Waals surface area contributed by atoms with Crippen LogP contribution in [0.2, 0.25) is 0 Å². The molecular formula is C40H26IrN4O-2. The van der Waals surface area contributed by atoms with Crippen molar-refractivity contribution in [1.29, 1.82) is 0 Å². The number of hydrogen-bond acceptors (Lipinski definition) is 4. The Balaban J connectivity index is 0.000000189. The zero-order valence-corrected chi connectivity index (χ0v) is 26.7. The second kappa shape index (κ2) is 12.5. The van der Waals surface area contributed by atoms with Crippen LogP contribution in [0.1, 0.15) is 9.68 Å². The molecule has 0 fully saturated rings. The van der Waals surface area contributed by atoms with Crippen LogP contribution in [0, 0.1) is 19.0 Å². The Morgan fingerprint density at radius 1 is 0.696 bits per heavy atom. The second-order valence-corrected chi connectivity index (χ2v) is 10.5. The van der Waals surface area contributed by atoms with Gasteiger partial charge in [-0.25, -0.2) is 4.98 Å². The third-order valence-electron chi connectivity index (χ3n) is 7.73. The van der Waals surface area contributed by atoms with Crippen molar-refractivity contribution in [2.75, 3.05) is 0 Å². The molecule has 0 aliphatic rings. The SMILES string of the molecule is [2H]C([2H])([2H])c1ccc(-c2[c-]cccc2)nc1.[Ir].[c-]1ccc2c(oc3c4ccccc4ccc23)c1-c1nc2cccnc2n1-c1ccccc1. The first-order chi connectivity index (χ1) is 23.5. The van der Waals surface area contributed by atoms with Crippen LogP contribution in [-0.2, 0) is 20.1 Å². The number of aromatic nitrogens is 4. The van der Waals surface area contributed by atoms with Crippen LogP contribution in [-0.4, -0.2) is 19.5 Å². The molecule has 0 saturated heterocycles. The fourth-order valence-electron chi connectivity index (χ4n) is 5.64. The van der Waals surface area contributed by atoms with Gasteiger partial charge in [-0.15, -0.1) is 54.1 Å². The minimum atomic E-state index is -2.09. The molecule has 0 spiro atoms. The van der Waals surface area contributed by atoms with Crippen LogP contribution in [0.25, 0.3) is 72.2 Å². The molecule has 0 saturated carbocycles. The number of hydrogen-bond donors (Lipinski definition) is 0. The third kappa shape index (κ3) is 5.28. The van der Waals surface area contributed by atoms with Crippen LogP contribution in [0.4, 0.5) is 0 Å². The summed E-state index contributed by atoms with van der Waals surface area (Å²) in [6.45, 7) is -2.09. The Morgan fingerprint density at radius 2 is 1.54 bits per heavy atom. The average molecular weight is 774 g/mol. The number of pyridine rings is 2. The van der Waals surface area contributed by atoms with Crippen molar-refractivity contribution in [3.05, 3.63) is 157 Å². The molecule has 9 rings (SSSR count). The van der Waals surface area contributed by atoms with Gasteiger partial charge in [0.05, 0.1) is 16.9 Å². The molecule has 46 heavy (non-hydrogen) atoms. The summed E-state index contributed by atoms with van der Waals surface area (Å²) < 4.78 is 30.3. The predicted octanol–water partition coefficient (Wildman–Crippen LogP) is 9.79. The van der Waals surface area contributed by atoms with Gasteiger partial charge in [0.15, 0.2) is 5.65 Å². The van der Waals surface area contributed by atoms with Crippen LogP contribution in [0.5, 0.6) is 0 Å². The molecule has 9 aromatic rings. The Kier molecular flexibility index (Phi) is 7.04. The quantitative estimate of drug-likeness (QED) is 0.168. The molecule has 5 aromatic carbocycles. The van der Waals surface area contributed by atoms with E-state index >= 15 is 0 Å². The van der Waals surface area contributed by atoms with E-state index in [0.717, 1.165) is 72.2 Å². The summed E-state index contributed by atoms with van der Waals surface area (Å²) in [6, 6.07) is 47.8. The van der Waals surface area contributed by atoms with E-state index in [9.17, 15) is 0 Å². The predicted molar refractivity (Wildman–Crippen MR) is 181 cm³/mol. The topological polar surface area (TPSA) is 56.7 Å². The largest absolute Gasteiger partial charge is 0.500 e. The first kappa shape index (κ1) is 25.9. The van der Waals surface area contributed by atoms with Gasteiger partial charge in [0.1, 0.15) is 5.58 Å². The fourth-order valence-corrected chi connectivity index (χ4v) is 5.64. The Bertz CT molecular complexity index is 2550. The summed E-state index contributed by atoms with van der Waals surface area (Å²) in [4.78, 5) is 13.7. The summed E-state index contributed by atoms with van der Waals surface area (Å²) in [7, 11) is 0. The minimum absolute atomic E-state index is 0. The number of fused-ring (bicyclic) bond motifs is 6. The molecule has 0 atom stereocenters. The molecule has 0 aliphatic carbocycles. The van der Waals surface area contributed by atoms with Crippen molar-refractivity contribution in [1.82, 2.24) is 19.5 Å². The van der Waals surface area contributed by atoms with Gasteiger partial charge in [-0.05, 0) is 47.8 Å². The maximum Gasteiger partial charge on any atom is 0.155 e. The number of imidazole rings is 1. The summed E-state index contributed by atoms with van der Waals surface area (Å²) >= 11 is 0. The summed E-state index contributed by atoms with van der Waals surface area (Å²) in [5.41, 5.74) is 6.98. The average Bonchev–Trinajstić information content (AvgIpc) is 3.72. The van der Waals surface area contributed by atoms with Crippen molar-refractivity contribution in [2.45, 2.75) is 6.85 Å². The monoisotopic (exact) mass is 774 g/mol. The number of para-hydroxylation sites is 1. The smallest absolute Gasteiger partial charge is 0.155 e. The van der Waals surface area contributed by atoms with Crippen LogP contribution in [0.3, 0.4) is 0 Å². The molecule has 5 nitrogen and oxygen atoms in total. The second-order valence-electron chi connectivity index (χ2n) is 10.5. The van der Waals surface area contributed by atoms with E-state index in [0.29, 0.717) is 0 Å². The van der Waals surface area contributed by atoms with Crippen molar-refractivity contribution < 1.29 is 28.6 Å². The maximum atomic E-state index is 7.23. The van der Waals surface area contributed by atoms with E-state index in [-0.39, 0.29) is 25.7 Å². The Hall–Kier alpha value is -5.42. The molecule has 4 aromatic heterocycles. The fraction of sp³-hybridized carbons (Fsp3) is 0.0250. The van der Waals surface area contributed by atoms with Gasteiger partial charge in [-0.2, -0.15) is 0 Å². The van der Waals surface area contributed by atoms with Crippen molar-refractivity contribution >= 4 is 43.9 Å². The third-order valence-corrected chi connectivity index (χ3v) is 7.73. The number of benzene rings is 5. The maximum absolute atomic E-state index is 7.23.